The minimum absolute atomic E-state index is 0.0770. The third kappa shape index (κ3) is 4.65. The van der Waals surface area contributed by atoms with Gasteiger partial charge >= 0.3 is 0 Å². The third-order valence-corrected chi connectivity index (χ3v) is 5.07. The summed E-state index contributed by atoms with van der Waals surface area (Å²) in [7, 11) is 0. The van der Waals surface area contributed by atoms with Crippen LogP contribution in [0.25, 0.3) is 10.7 Å². The molecule has 2 aromatic heterocycles. The Labute approximate surface area is 148 Å². The Hall–Kier alpha value is -2.19. The van der Waals surface area contributed by atoms with Gasteiger partial charge in [0.05, 0.1) is 4.88 Å². The number of thiophene rings is 1. The zero-order chi connectivity index (χ0) is 16.8. The van der Waals surface area contributed by atoms with Crippen molar-refractivity contribution in [3.63, 3.8) is 0 Å². The van der Waals surface area contributed by atoms with Crippen molar-refractivity contribution in [1.29, 1.82) is 0 Å². The minimum Gasteiger partial charge on any atom is -0.354 e. The van der Waals surface area contributed by atoms with Gasteiger partial charge in [0, 0.05) is 17.2 Å². The van der Waals surface area contributed by atoms with Crippen LogP contribution < -0.4 is 5.32 Å². The molecule has 0 atom stereocenters. The van der Waals surface area contributed by atoms with Gasteiger partial charge in [-0.15, -0.1) is 33.3 Å². The summed E-state index contributed by atoms with van der Waals surface area (Å²) in [6.07, 6.45) is 0. The lowest BCUT2D eigenvalue weighted by molar-refractivity contribution is -0.121. The van der Waals surface area contributed by atoms with Gasteiger partial charge in [-0.2, -0.15) is 4.80 Å². The molecule has 0 aliphatic rings. The van der Waals surface area contributed by atoms with E-state index in [0.717, 1.165) is 10.6 Å². The lowest BCUT2D eigenvalue weighted by Gasteiger charge is -2.05. The molecule has 3 aromatic rings. The van der Waals surface area contributed by atoms with E-state index in [1.165, 1.54) is 15.3 Å². The summed E-state index contributed by atoms with van der Waals surface area (Å²) in [6.45, 7) is 2.74. The fourth-order valence-corrected chi connectivity index (χ4v) is 3.41. The van der Waals surface area contributed by atoms with E-state index in [1.807, 2.05) is 17.5 Å². The second kappa shape index (κ2) is 8.07. The molecule has 3 rings (SSSR count). The van der Waals surface area contributed by atoms with E-state index in [0.29, 0.717) is 12.4 Å². The highest BCUT2D eigenvalue weighted by Gasteiger charge is 2.09. The van der Waals surface area contributed by atoms with Crippen molar-refractivity contribution in [1.82, 2.24) is 25.5 Å². The van der Waals surface area contributed by atoms with Crippen LogP contribution in [0.4, 0.5) is 0 Å². The summed E-state index contributed by atoms with van der Waals surface area (Å²) >= 11 is 3.26. The summed E-state index contributed by atoms with van der Waals surface area (Å²) in [5.41, 5.74) is 1.25. The summed E-state index contributed by atoms with van der Waals surface area (Å²) in [5, 5.41) is 16.9. The van der Waals surface area contributed by atoms with Gasteiger partial charge in [0.1, 0.15) is 6.54 Å². The van der Waals surface area contributed by atoms with Gasteiger partial charge in [0.15, 0.2) is 0 Å². The first-order valence-corrected chi connectivity index (χ1v) is 9.35. The first-order chi connectivity index (χ1) is 11.7. The van der Waals surface area contributed by atoms with E-state index in [9.17, 15) is 4.79 Å². The molecule has 8 heteroatoms. The van der Waals surface area contributed by atoms with Gasteiger partial charge < -0.3 is 5.32 Å². The SMILES string of the molecule is Cc1ccc(SCCNC(=O)Cn2nnc(-c3cccs3)n2)cc1. The van der Waals surface area contributed by atoms with E-state index in [-0.39, 0.29) is 12.5 Å². The van der Waals surface area contributed by atoms with Crippen molar-refractivity contribution < 1.29 is 4.79 Å². The number of hydrogen-bond donors (Lipinski definition) is 1. The molecule has 2 heterocycles. The molecular formula is C16H17N5OS2. The normalized spacial score (nSPS) is 10.7. The van der Waals surface area contributed by atoms with Crippen molar-refractivity contribution in [2.24, 2.45) is 0 Å². The summed E-state index contributed by atoms with van der Waals surface area (Å²) in [6, 6.07) is 12.2. The van der Waals surface area contributed by atoms with E-state index in [1.54, 1.807) is 23.1 Å². The first-order valence-electron chi connectivity index (χ1n) is 7.48. The molecule has 1 N–H and O–H groups in total. The van der Waals surface area contributed by atoms with Crippen LogP contribution in [-0.2, 0) is 11.3 Å². The van der Waals surface area contributed by atoms with Gasteiger partial charge in [0.25, 0.3) is 0 Å². The van der Waals surface area contributed by atoms with Gasteiger partial charge in [-0.3, -0.25) is 4.79 Å². The number of nitrogens with zero attached hydrogens (tertiary/aromatic N) is 4. The second-order valence-corrected chi connectivity index (χ2v) is 7.25. The molecule has 124 valence electrons. The van der Waals surface area contributed by atoms with Gasteiger partial charge in [-0.05, 0) is 35.7 Å². The van der Waals surface area contributed by atoms with Crippen LogP contribution in [0.3, 0.4) is 0 Å². The number of nitrogens with one attached hydrogen (secondary N) is 1. The number of tetrazole rings is 1. The Morgan fingerprint density at radius 3 is 2.88 bits per heavy atom. The number of rotatable bonds is 7. The Morgan fingerprint density at radius 1 is 1.29 bits per heavy atom. The number of aromatic nitrogens is 4. The molecule has 0 aliphatic carbocycles. The van der Waals surface area contributed by atoms with Crippen LogP contribution in [0, 0.1) is 6.92 Å². The fourth-order valence-electron chi connectivity index (χ4n) is 1.99. The van der Waals surface area contributed by atoms with Crippen LogP contribution in [0.5, 0.6) is 0 Å². The maximum atomic E-state index is 11.9. The smallest absolute Gasteiger partial charge is 0.243 e. The molecule has 0 radical (unpaired) electrons. The molecule has 0 saturated heterocycles. The average molecular weight is 359 g/mol. The molecule has 0 fully saturated rings. The summed E-state index contributed by atoms with van der Waals surface area (Å²) in [5.74, 6) is 1.25. The van der Waals surface area contributed by atoms with Crippen molar-refractivity contribution in [2.75, 3.05) is 12.3 Å². The number of hydrogen-bond acceptors (Lipinski definition) is 6. The maximum absolute atomic E-state index is 11.9. The summed E-state index contributed by atoms with van der Waals surface area (Å²) in [4.78, 5) is 15.4. The number of thioether (sulfide) groups is 1. The van der Waals surface area contributed by atoms with Crippen molar-refractivity contribution in [2.45, 2.75) is 18.4 Å². The number of aryl methyl sites for hydroxylation is 1. The monoisotopic (exact) mass is 359 g/mol. The van der Waals surface area contributed by atoms with Crippen molar-refractivity contribution >= 4 is 29.0 Å². The Balaban J connectivity index is 1.40. The predicted molar refractivity (Wildman–Crippen MR) is 96.0 cm³/mol. The minimum atomic E-state index is -0.116. The molecule has 1 amide bonds. The fraction of sp³-hybridized carbons (Fsp3) is 0.250. The highest BCUT2D eigenvalue weighted by atomic mass is 32.2. The molecule has 0 spiro atoms. The molecule has 0 saturated carbocycles. The molecule has 24 heavy (non-hydrogen) atoms. The molecular weight excluding hydrogens is 342 g/mol. The highest BCUT2D eigenvalue weighted by Crippen LogP contribution is 2.19. The Morgan fingerprint density at radius 2 is 2.12 bits per heavy atom. The van der Waals surface area contributed by atoms with Gasteiger partial charge in [-0.1, -0.05) is 23.8 Å². The van der Waals surface area contributed by atoms with E-state index >= 15 is 0 Å². The maximum Gasteiger partial charge on any atom is 0.243 e. The van der Waals surface area contributed by atoms with Crippen molar-refractivity contribution in [3.8, 4) is 10.7 Å². The lowest BCUT2D eigenvalue weighted by atomic mass is 10.2. The number of carbonyl (C=O) groups is 1. The van der Waals surface area contributed by atoms with Gasteiger partial charge in [0.2, 0.25) is 11.7 Å². The third-order valence-electron chi connectivity index (χ3n) is 3.19. The Kier molecular flexibility index (Phi) is 5.60. The number of carbonyl (C=O) groups excluding carboxylic acids is 1. The zero-order valence-electron chi connectivity index (χ0n) is 13.2. The van der Waals surface area contributed by atoms with Crippen LogP contribution >= 0.6 is 23.1 Å². The predicted octanol–water partition coefficient (Wildman–Crippen LogP) is 2.62. The molecule has 0 bridgehead atoms. The van der Waals surface area contributed by atoms with Crippen LogP contribution in [0.2, 0.25) is 0 Å². The van der Waals surface area contributed by atoms with E-state index < -0.39 is 0 Å². The summed E-state index contributed by atoms with van der Waals surface area (Å²) < 4.78 is 0. The molecule has 0 unspecified atom stereocenters. The molecule has 1 aromatic carbocycles. The number of amides is 1. The zero-order valence-corrected chi connectivity index (χ0v) is 14.8. The van der Waals surface area contributed by atoms with E-state index in [2.05, 4.69) is 51.9 Å². The number of benzene rings is 1. The lowest BCUT2D eigenvalue weighted by Crippen LogP contribution is -2.30. The second-order valence-electron chi connectivity index (χ2n) is 5.13. The average Bonchev–Trinajstić information content (AvgIpc) is 3.24. The van der Waals surface area contributed by atoms with Crippen molar-refractivity contribution in [3.05, 3.63) is 47.3 Å². The molecule has 6 nitrogen and oxygen atoms in total. The largest absolute Gasteiger partial charge is 0.354 e. The van der Waals surface area contributed by atoms with E-state index in [4.69, 9.17) is 0 Å². The van der Waals surface area contributed by atoms with Crippen LogP contribution in [-0.4, -0.2) is 38.4 Å². The standard InChI is InChI=1S/C16H17N5OS2/c1-12-4-6-13(7-5-12)23-10-8-17-15(22)11-21-19-16(18-20-21)14-3-2-9-24-14/h2-7,9H,8,10-11H2,1H3,(H,17,22). The van der Waals surface area contributed by atoms with Gasteiger partial charge in [-0.25, -0.2) is 0 Å². The Bertz CT molecular complexity index is 783. The highest BCUT2D eigenvalue weighted by molar-refractivity contribution is 7.99. The first kappa shape index (κ1) is 16.7. The van der Waals surface area contributed by atoms with Crippen LogP contribution in [0.15, 0.2) is 46.7 Å². The topological polar surface area (TPSA) is 72.7 Å². The van der Waals surface area contributed by atoms with Crippen LogP contribution in [0.1, 0.15) is 5.56 Å². The molecule has 0 aliphatic heterocycles. The quantitative estimate of drug-likeness (QED) is 0.519.